The van der Waals surface area contributed by atoms with E-state index < -0.39 is 5.97 Å². The standard InChI is InChI=1S/C20H18N2O3/c1-14(2)25-17-8-6-15(7-9-17)20(23)24-13-16-12-22-10-4-3-5-19(22)18(16)11-21/h3-10,12,14H,13H2,1-2H3. The van der Waals surface area contributed by atoms with E-state index in [4.69, 9.17) is 9.47 Å². The van der Waals surface area contributed by atoms with E-state index in [-0.39, 0.29) is 12.7 Å². The van der Waals surface area contributed by atoms with Gasteiger partial charge in [-0.05, 0) is 50.2 Å². The molecule has 5 nitrogen and oxygen atoms in total. The number of benzene rings is 1. The molecule has 0 bridgehead atoms. The Morgan fingerprint density at radius 2 is 1.96 bits per heavy atom. The molecule has 0 aliphatic heterocycles. The fraction of sp³-hybridized carbons (Fsp3) is 0.200. The van der Waals surface area contributed by atoms with E-state index in [0.717, 1.165) is 5.52 Å². The van der Waals surface area contributed by atoms with Crippen LogP contribution < -0.4 is 4.74 Å². The smallest absolute Gasteiger partial charge is 0.338 e. The number of esters is 1. The number of aromatic nitrogens is 1. The van der Waals surface area contributed by atoms with Gasteiger partial charge in [0.15, 0.2) is 0 Å². The van der Waals surface area contributed by atoms with E-state index in [0.29, 0.717) is 22.4 Å². The number of nitrogens with zero attached hydrogens (tertiary/aromatic N) is 2. The fourth-order valence-electron chi connectivity index (χ4n) is 2.58. The van der Waals surface area contributed by atoms with Gasteiger partial charge in [-0.2, -0.15) is 5.26 Å². The first-order valence-electron chi connectivity index (χ1n) is 8.01. The number of carbonyl (C=O) groups is 1. The summed E-state index contributed by atoms with van der Waals surface area (Å²) < 4.78 is 12.8. The van der Waals surface area contributed by atoms with Crippen LogP contribution in [0.15, 0.2) is 54.9 Å². The second-order valence-electron chi connectivity index (χ2n) is 5.90. The lowest BCUT2D eigenvalue weighted by atomic mass is 10.2. The van der Waals surface area contributed by atoms with E-state index in [9.17, 15) is 10.1 Å². The van der Waals surface area contributed by atoms with Gasteiger partial charge in [-0.25, -0.2) is 4.79 Å². The van der Waals surface area contributed by atoms with E-state index in [1.165, 1.54) is 0 Å². The molecule has 5 heteroatoms. The van der Waals surface area contributed by atoms with Crippen LogP contribution >= 0.6 is 0 Å². The Balaban J connectivity index is 1.71. The highest BCUT2D eigenvalue weighted by molar-refractivity contribution is 5.89. The number of rotatable bonds is 5. The van der Waals surface area contributed by atoms with Crippen molar-refractivity contribution in [3.05, 3.63) is 71.5 Å². The summed E-state index contributed by atoms with van der Waals surface area (Å²) in [6, 6.07) is 14.6. The van der Waals surface area contributed by atoms with Crippen LogP contribution in [-0.2, 0) is 11.3 Å². The molecule has 126 valence electrons. The topological polar surface area (TPSA) is 63.7 Å². The second-order valence-corrected chi connectivity index (χ2v) is 5.90. The molecule has 0 aliphatic carbocycles. The van der Waals surface area contributed by atoms with Gasteiger partial charge < -0.3 is 13.9 Å². The Kier molecular flexibility index (Phi) is 4.71. The third kappa shape index (κ3) is 3.64. The molecule has 0 fully saturated rings. The predicted molar refractivity (Wildman–Crippen MR) is 93.4 cm³/mol. The molecule has 0 amide bonds. The molecule has 0 spiro atoms. The van der Waals surface area contributed by atoms with Crippen LogP contribution in [0.2, 0.25) is 0 Å². The normalized spacial score (nSPS) is 10.6. The molecule has 25 heavy (non-hydrogen) atoms. The highest BCUT2D eigenvalue weighted by Crippen LogP contribution is 2.20. The minimum Gasteiger partial charge on any atom is -0.491 e. The predicted octanol–water partition coefficient (Wildman–Crippen LogP) is 3.96. The number of hydrogen-bond donors (Lipinski definition) is 0. The summed E-state index contributed by atoms with van der Waals surface area (Å²) in [4.78, 5) is 12.2. The van der Waals surface area contributed by atoms with Gasteiger partial charge in [0.1, 0.15) is 18.4 Å². The number of nitriles is 1. The molecule has 3 aromatic rings. The maximum Gasteiger partial charge on any atom is 0.338 e. The van der Waals surface area contributed by atoms with Crippen LogP contribution in [0, 0.1) is 11.3 Å². The van der Waals surface area contributed by atoms with Crippen molar-refractivity contribution >= 4 is 11.5 Å². The first-order valence-corrected chi connectivity index (χ1v) is 8.01. The lowest BCUT2D eigenvalue weighted by Crippen LogP contribution is -2.07. The average molecular weight is 334 g/mol. The van der Waals surface area contributed by atoms with Crippen LogP contribution in [0.1, 0.15) is 35.3 Å². The lowest BCUT2D eigenvalue weighted by molar-refractivity contribution is 0.0472. The van der Waals surface area contributed by atoms with E-state index >= 15 is 0 Å². The van der Waals surface area contributed by atoms with Crippen LogP contribution in [0.5, 0.6) is 5.75 Å². The molecular weight excluding hydrogens is 316 g/mol. The molecular formula is C20H18N2O3. The van der Waals surface area contributed by atoms with Gasteiger partial charge in [-0.1, -0.05) is 6.07 Å². The molecule has 0 aliphatic rings. The van der Waals surface area contributed by atoms with E-state index in [2.05, 4.69) is 6.07 Å². The summed E-state index contributed by atoms with van der Waals surface area (Å²) in [5.41, 5.74) is 2.44. The zero-order valence-corrected chi connectivity index (χ0v) is 14.1. The molecule has 0 atom stereocenters. The van der Waals surface area contributed by atoms with Crippen LogP contribution in [0.4, 0.5) is 0 Å². The Morgan fingerprint density at radius 3 is 2.64 bits per heavy atom. The summed E-state index contributed by atoms with van der Waals surface area (Å²) >= 11 is 0. The molecule has 0 saturated carbocycles. The minimum absolute atomic E-state index is 0.0493. The summed E-state index contributed by atoms with van der Waals surface area (Å²) in [5.74, 6) is 0.271. The van der Waals surface area contributed by atoms with E-state index in [1.54, 1.807) is 30.5 Å². The van der Waals surface area contributed by atoms with Gasteiger partial charge in [-0.3, -0.25) is 0 Å². The van der Waals surface area contributed by atoms with Gasteiger partial charge in [0.2, 0.25) is 0 Å². The van der Waals surface area contributed by atoms with Gasteiger partial charge in [0, 0.05) is 18.0 Å². The number of pyridine rings is 1. The third-order valence-electron chi connectivity index (χ3n) is 3.69. The monoisotopic (exact) mass is 334 g/mol. The SMILES string of the molecule is CC(C)Oc1ccc(C(=O)OCc2cn3ccccc3c2C#N)cc1. The molecule has 2 aromatic heterocycles. The molecule has 0 N–H and O–H groups in total. The van der Waals surface area contributed by atoms with Crippen molar-refractivity contribution in [2.75, 3.05) is 0 Å². The van der Waals surface area contributed by atoms with E-state index in [1.807, 2.05) is 42.6 Å². The highest BCUT2D eigenvalue weighted by Gasteiger charge is 2.13. The number of ether oxygens (including phenoxy) is 2. The molecule has 0 saturated heterocycles. The number of fused-ring (bicyclic) bond motifs is 1. The van der Waals surface area contributed by atoms with Crippen molar-refractivity contribution in [1.29, 1.82) is 5.26 Å². The highest BCUT2D eigenvalue weighted by atomic mass is 16.5. The van der Waals surface area contributed by atoms with Crippen molar-refractivity contribution in [3.8, 4) is 11.8 Å². The van der Waals surface area contributed by atoms with Gasteiger partial charge >= 0.3 is 5.97 Å². The second kappa shape index (κ2) is 7.10. The molecule has 2 heterocycles. The fourth-order valence-corrected chi connectivity index (χ4v) is 2.58. The molecule has 1 aromatic carbocycles. The van der Waals surface area contributed by atoms with Gasteiger partial charge in [-0.15, -0.1) is 0 Å². The van der Waals surface area contributed by atoms with Crippen molar-refractivity contribution in [3.63, 3.8) is 0 Å². The molecule has 0 unspecified atom stereocenters. The van der Waals surface area contributed by atoms with Crippen molar-refractivity contribution in [2.45, 2.75) is 26.6 Å². The minimum atomic E-state index is -0.435. The Bertz CT molecular complexity index is 934. The van der Waals surface area contributed by atoms with Crippen LogP contribution in [0.3, 0.4) is 0 Å². The quantitative estimate of drug-likeness (QED) is 0.663. The number of hydrogen-bond acceptors (Lipinski definition) is 4. The van der Waals surface area contributed by atoms with Crippen molar-refractivity contribution < 1.29 is 14.3 Å². The Hall–Kier alpha value is -3.26. The first-order chi connectivity index (χ1) is 12.1. The Morgan fingerprint density at radius 1 is 1.20 bits per heavy atom. The summed E-state index contributed by atoms with van der Waals surface area (Å²) in [6.45, 7) is 3.93. The van der Waals surface area contributed by atoms with Crippen LogP contribution in [-0.4, -0.2) is 16.5 Å². The van der Waals surface area contributed by atoms with Crippen molar-refractivity contribution in [1.82, 2.24) is 4.40 Å². The van der Waals surface area contributed by atoms with Crippen molar-refractivity contribution in [2.24, 2.45) is 0 Å². The third-order valence-corrected chi connectivity index (χ3v) is 3.69. The summed E-state index contributed by atoms with van der Waals surface area (Å²) in [7, 11) is 0. The maximum absolute atomic E-state index is 12.2. The lowest BCUT2D eigenvalue weighted by Gasteiger charge is -2.10. The summed E-state index contributed by atoms with van der Waals surface area (Å²) in [5, 5.41) is 9.37. The number of carbonyl (C=O) groups excluding carboxylic acids is 1. The zero-order valence-electron chi connectivity index (χ0n) is 14.1. The summed E-state index contributed by atoms with van der Waals surface area (Å²) in [6.07, 6.45) is 3.74. The Labute approximate surface area is 146 Å². The molecule has 0 radical (unpaired) electrons. The molecule has 3 rings (SSSR count). The first kappa shape index (κ1) is 16.6. The average Bonchev–Trinajstić information content (AvgIpc) is 2.97. The van der Waals surface area contributed by atoms with Gasteiger partial charge in [0.25, 0.3) is 0 Å². The maximum atomic E-state index is 12.2. The van der Waals surface area contributed by atoms with Crippen LogP contribution in [0.25, 0.3) is 5.52 Å². The van der Waals surface area contributed by atoms with Gasteiger partial charge in [0.05, 0.1) is 22.7 Å². The largest absolute Gasteiger partial charge is 0.491 e. The zero-order chi connectivity index (χ0) is 17.8.